The van der Waals surface area contributed by atoms with Crippen molar-refractivity contribution in [1.29, 1.82) is 0 Å². The van der Waals surface area contributed by atoms with E-state index in [0.717, 1.165) is 18.2 Å². The van der Waals surface area contributed by atoms with Crippen LogP contribution in [0, 0.1) is 0 Å². The van der Waals surface area contributed by atoms with E-state index in [2.05, 4.69) is 31.9 Å². The van der Waals surface area contributed by atoms with Crippen LogP contribution >= 0.6 is 31.9 Å². The molecule has 2 rings (SSSR count). The maximum atomic E-state index is 12.5. The molecule has 0 aliphatic carbocycles. The zero-order valence-corrected chi connectivity index (χ0v) is 15.7. The average molecular weight is 480 g/mol. The van der Waals surface area contributed by atoms with Crippen molar-refractivity contribution in [2.75, 3.05) is 0 Å². The number of alkyl halides is 3. The van der Waals surface area contributed by atoms with Gasteiger partial charge in [-0.05, 0) is 73.3 Å². The van der Waals surface area contributed by atoms with Gasteiger partial charge in [0.15, 0.2) is 0 Å². The molecule has 0 heterocycles. The van der Waals surface area contributed by atoms with E-state index < -0.39 is 17.7 Å². The fourth-order valence-corrected chi connectivity index (χ4v) is 3.38. The van der Waals surface area contributed by atoms with Crippen LogP contribution in [-0.2, 0) is 17.6 Å². The topological polar surface area (TPSA) is 46.5 Å². The summed E-state index contributed by atoms with van der Waals surface area (Å²) in [6, 6.07) is 8.06. The summed E-state index contributed by atoms with van der Waals surface area (Å²) in [4.78, 5) is 10.5. The van der Waals surface area contributed by atoms with Gasteiger partial charge in [0.25, 0.3) is 0 Å². The van der Waals surface area contributed by atoms with Gasteiger partial charge in [0, 0.05) is 6.08 Å². The van der Waals surface area contributed by atoms with E-state index in [9.17, 15) is 18.0 Å². The van der Waals surface area contributed by atoms with E-state index >= 15 is 0 Å². The Labute approximate surface area is 158 Å². The van der Waals surface area contributed by atoms with Crippen molar-refractivity contribution in [2.24, 2.45) is 0 Å². The molecule has 0 atom stereocenters. The third kappa shape index (κ3) is 5.61. The number of rotatable bonds is 5. The van der Waals surface area contributed by atoms with Gasteiger partial charge in [0.05, 0.1) is 14.5 Å². The summed E-state index contributed by atoms with van der Waals surface area (Å²) in [5.41, 5.74) is 0.512. The van der Waals surface area contributed by atoms with Gasteiger partial charge in [-0.3, -0.25) is 0 Å². The van der Waals surface area contributed by atoms with E-state index in [1.807, 2.05) is 0 Å². The molecule has 0 amide bonds. The summed E-state index contributed by atoms with van der Waals surface area (Å²) in [7, 11) is 0. The molecule has 3 nitrogen and oxygen atoms in total. The molecule has 1 N–H and O–H groups in total. The van der Waals surface area contributed by atoms with E-state index in [1.54, 1.807) is 12.1 Å². The zero-order valence-electron chi connectivity index (χ0n) is 12.5. The SMILES string of the molecule is O=C(O)/C=C/c1cc(Br)c(OCc2ccc(C(F)(F)F)cc2)c(Br)c1. The second kappa shape index (κ2) is 8.05. The number of carboxylic acid groups (broad SMARTS) is 1. The molecule has 0 radical (unpaired) electrons. The number of benzene rings is 2. The number of hydrogen-bond donors (Lipinski definition) is 1. The van der Waals surface area contributed by atoms with Gasteiger partial charge in [-0.2, -0.15) is 13.2 Å². The summed E-state index contributed by atoms with van der Waals surface area (Å²) in [6.07, 6.45) is -1.93. The number of ether oxygens (including phenoxy) is 1. The molecule has 0 spiro atoms. The lowest BCUT2D eigenvalue weighted by Gasteiger charge is -2.12. The predicted octanol–water partition coefficient (Wildman–Crippen LogP) is 5.91. The van der Waals surface area contributed by atoms with Crippen LogP contribution in [0.3, 0.4) is 0 Å². The van der Waals surface area contributed by atoms with E-state index in [4.69, 9.17) is 9.84 Å². The molecule has 2 aromatic carbocycles. The summed E-state index contributed by atoms with van der Waals surface area (Å²) in [5.74, 6) is -0.595. The molecule has 0 saturated carbocycles. The van der Waals surface area contributed by atoms with Crippen LogP contribution in [0.1, 0.15) is 16.7 Å². The Hall–Kier alpha value is -1.80. The predicted molar refractivity (Wildman–Crippen MR) is 94.3 cm³/mol. The van der Waals surface area contributed by atoms with Crippen LogP contribution in [0.25, 0.3) is 6.08 Å². The van der Waals surface area contributed by atoms with E-state index in [1.165, 1.54) is 18.2 Å². The van der Waals surface area contributed by atoms with Crippen molar-refractivity contribution in [2.45, 2.75) is 12.8 Å². The van der Waals surface area contributed by atoms with Crippen LogP contribution in [0.5, 0.6) is 5.75 Å². The fourth-order valence-electron chi connectivity index (χ4n) is 1.93. The lowest BCUT2D eigenvalue weighted by Crippen LogP contribution is -2.05. The minimum Gasteiger partial charge on any atom is -0.487 e. The molecule has 2 aromatic rings. The highest BCUT2D eigenvalue weighted by Crippen LogP contribution is 2.36. The first-order valence-electron chi connectivity index (χ1n) is 6.86. The van der Waals surface area contributed by atoms with Crippen LogP contribution in [-0.4, -0.2) is 11.1 Å². The molecule has 0 saturated heterocycles. The summed E-state index contributed by atoms with van der Waals surface area (Å²) in [5, 5.41) is 8.64. The van der Waals surface area contributed by atoms with Crippen molar-refractivity contribution in [3.63, 3.8) is 0 Å². The number of halogens is 5. The summed E-state index contributed by atoms with van der Waals surface area (Å²) < 4.78 is 44.4. The fraction of sp³-hybridized carbons (Fsp3) is 0.118. The molecule has 8 heteroatoms. The second-order valence-electron chi connectivity index (χ2n) is 4.97. The minimum absolute atomic E-state index is 0.0830. The number of hydrogen-bond acceptors (Lipinski definition) is 2. The highest BCUT2D eigenvalue weighted by Gasteiger charge is 2.29. The van der Waals surface area contributed by atoms with Crippen LogP contribution in [0.15, 0.2) is 51.4 Å². The molecule has 0 fully saturated rings. The zero-order chi connectivity index (χ0) is 18.6. The van der Waals surface area contributed by atoms with Gasteiger partial charge in [-0.15, -0.1) is 0 Å². The molecule has 132 valence electrons. The molecule has 25 heavy (non-hydrogen) atoms. The third-order valence-electron chi connectivity index (χ3n) is 3.10. The lowest BCUT2D eigenvalue weighted by atomic mass is 10.1. The van der Waals surface area contributed by atoms with Gasteiger partial charge in [0.1, 0.15) is 12.4 Å². The smallest absolute Gasteiger partial charge is 0.416 e. The Bertz CT molecular complexity index is 777. The molecule has 0 aliphatic heterocycles. The Balaban J connectivity index is 2.11. The Morgan fingerprint density at radius 1 is 1.12 bits per heavy atom. The highest BCUT2D eigenvalue weighted by molar-refractivity contribution is 9.11. The number of carboxylic acids is 1. The van der Waals surface area contributed by atoms with E-state index in [0.29, 0.717) is 25.8 Å². The lowest BCUT2D eigenvalue weighted by molar-refractivity contribution is -0.137. The molecule has 0 aliphatic rings. The second-order valence-corrected chi connectivity index (χ2v) is 6.68. The first kappa shape index (κ1) is 19.5. The molecule has 0 aromatic heterocycles. The van der Waals surface area contributed by atoms with Crippen LogP contribution < -0.4 is 4.74 Å². The third-order valence-corrected chi connectivity index (χ3v) is 4.28. The molecular formula is C17H11Br2F3O3. The van der Waals surface area contributed by atoms with Gasteiger partial charge < -0.3 is 9.84 Å². The van der Waals surface area contributed by atoms with E-state index in [-0.39, 0.29) is 6.61 Å². The Kier molecular flexibility index (Phi) is 6.29. The van der Waals surface area contributed by atoms with Gasteiger partial charge in [-0.1, -0.05) is 12.1 Å². The first-order chi connectivity index (χ1) is 11.7. The Morgan fingerprint density at radius 2 is 1.68 bits per heavy atom. The molecular weight excluding hydrogens is 469 g/mol. The summed E-state index contributed by atoms with van der Waals surface area (Å²) >= 11 is 6.66. The highest BCUT2D eigenvalue weighted by atomic mass is 79.9. The van der Waals surface area contributed by atoms with Crippen molar-refractivity contribution in [1.82, 2.24) is 0 Å². The van der Waals surface area contributed by atoms with Gasteiger partial charge in [-0.25, -0.2) is 4.79 Å². The largest absolute Gasteiger partial charge is 0.487 e. The van der Waals surface area contributed by atoms with Crippen LogP contribution in [0.4, 0.5) is 13.2 Å². The van der Waals surface area contributed by atoms with Crippen molar-refractivity contribution in [3.05, 3.63) is 68.1 Å². The van der Waals surface area contributed by atoms with Crippen molar-refractivity contribution >= 4 is 43.9 Å². The first-order valence-corrected chi connectivity index (χ1v) is 8.44. The monoisotopic (exact) mass is 478 g/mol. The number of carbonyl (C=O) groups is 1. The standard InChI is InChI=1S/C17H11Br2F3O3/c18-13-7-11(3-6-15(23)24)8-14(19)16(13)25-9-10-1-4-12(5-2-10)17(20,21)22/h1-8H,9H2,(H,23,24)/b6-3+. The van der Waals surface area contributed by atoms with Crippen LogP contribution in [0.2, 0.25) is 0 Å². The van der Waals surface area contributed by atoms with Crippen molar-refractivity contribution in [3.8, 4) is 5.75 Å². The minimum atomic E-state index is -4.37. The van der Waals surface area contributed by atoms with Gasteiger partial charge in [0.2, 0.25) is 0 Å². The maximum absolute atomic E-state index is 12.5. The maximum Gasteiger partial charge on any atom is 0.416 e. The van der Waals surface area contributed by atoms with Gasteiger partial charge >= 0.3 is 12.1 Å². The normalized spacial score (nSPS) is 11.7. The van der Waals surface area contributed by atoms with Crippen molar-refractivity contribution < 1.29 is 27.8 Å². The number of aliphatic carboxylic acids is 1. The average Bonchev–Trinajstić information content (AvgIpc) is 2.51. The summed E-state index contributed by atoms with van der Waals surface area (Å²) in [6.45, 7) is 0.0830. The Morgan fingerprint density at radius 3 is 2.16 bits per heavy atom. The quantitative estimate of drug-likeness (QED) is 0.542. The molecule has 0 bridgehead atoms. The molecule has 0 unspecified atom stereocenters.